The van der Waals surface area contributed by atoms with Crippen LogP contribution < -0.4 is 5.73 Å². The van der Waals surface area contributed by atoms with E-state index < -0.39 is 0 Å². The number of benzene rings is 1. The molecule has 1 unspecified atom stereocenters. The fourth-order valence-corrected chi connectivity index (χ4v) is 1.93. The first-order valence-corrected chi connectivity index (χ1v) is 5.84. The van der Waals surface area contributed by atoms with Crippen LogP contribution in [0.2, 0.25) is 0 Å². The van der Waals surface area contributed by atoms with E-state index >= 15 is 0 Å². The minimum absolute atomic E-state index is 0.429. The van der Waals surface area contributed by atoms with Crippen molar-refractivity contribution < 1.29 is 0 Å². The molecule has 0 aliphatic carbocycles. The summed E-state index contributed by atoms with van der Waals surface area (Å²) in [5.41, 5.74) is 6.92. The molecule has 0 saturated heterocycles. The summed E-state index contributed by atoms with van der Waals surface area (Å²) in [6.45, 7) is 0.697. The molecule has 0 amide bonds. The fourth-order valence-electron chi connectivity index (χ4n) is 1.05. The molecule has 0 aliphatic heterocycles. The van der Waals surface area contributed by atoms with Crippen molar-refractivity contribution in [2.45, 2.75) is 5.25 Å². The van der Waals surface area contributed by atoms with E-state index in [4.69, 9.17) is 5.73 Å². The van der Waals surface area contributed by atoms with Crippen LogP contribution in [0.25, 0.3) is 0 Å². The number of hydrogen-bond donors (Lipinski definition) is 1. The molecular weight excluding hydrogens is 234 g/mol. The molecule has 0 spiro atoms. The molecule has 1 aromatic carbocycles. The molecule has 0 bridgehead atoms. The van der Waals surface area contributed by atoms with E-state index in [1.165, 1.54) is 5.56 Å². The zero-order chi connectivity index (χ0) is 8.97. The highest BCUT2D eigenvalue weighted by molar-refractivity contribution is 9.10. The highest BCUT2D eigenvalue weighted by atomic mass is 79.9. The maximum absolute atomic E-state index is 5.62. The normalized spacial score (nSPS) is 12.9. The van der Waals surface area contributed by atoms with Gasteiger partial charge in [0.15, 0.2) is 0 Å². The number of nitrogens with two attached hydrogens (primary N) is 1. The second-order valence-electron chi connectivity index (χ2n) is 2.51. The van der Waals surface area contributed by atoms with Crippen LogP contribution in [0.15, 0.2) is 28.7 Å². The minimum Gasteiger partial charge on any atom is -0.329 e. The Balaban J connectivity index is 2.80. The molecule has 0 saturated carbocycles. The lowest BCUT2D eigenvalue weighted by Gasteiger charge is -2.11. The predicted molar refractivity (Wildman–Crippen MR) is 59.5 cm³/mol. The minimum atomic E-state index is 0.429. The van der Waals surface area contributed by atoms with Gasteiger partial charge in [0, 0.05) is 16.3 Å². The molecule has 0 fully saturated rings. The molecule has 0 aliphatic rings. The molecule has 12 heavy (non-hydrogen) atoms. The Morgan fingerprint density at radius 3 is 2.42 bits per heavy atom. The fraction of sp³-hybridized carbons (Fsp3) is 0.333. The van der Waals surface area contributed by atoms with Gasteiger partial charge in [0.1, 0.15) is 0 Å². The quantitative estimate of drug-likeness (QED) is 0.887. The lowest BCUT2D eigenvalue weighted by atomic mass is 10.1. The van der Waals surface area contributed by atoms with Gasteiger partial charge in [-0.25, -0.2) is 0 Å². The van der Waals surface area contributed by atoms with Crippen molar-refractivity contribution in [1.29, 1.82) is 0 Å². The average Bonchev–Trinajstić information content (AvgIpc) is 2.10. The van der Waals surface area contributed by atoms with Gasteiger partial charge in [-0.2, -0.15) is 11.8 Å². The summed E-state index contributed by atoms with van der Waals surface area (Å²) in [7, 11) is 0. The number of halogens is 1. The maximum atomic E-state index is 5.62. The molecule has 0 heterocycles. The van der Waals surface area contributed by atoms with Gasteiger partial charge in [-0.3, -0.25) is 0 Å². The van der Waals surface area contributed by atoms with Crippen molar-refractivity contribution in [1.82, 2.24) is 0 Å². The highest BCUT2D eigenvalue weighted by Crippen LogP contribution is 2.26. The van der Waals surface area contributed by atoms with Gasteiger partial charge in [-0.15, -0.1) is 0 Å². The SMILES string of the molecule is CSC(CN)c1ccc(Br)cc1. The van der Waals surface area contributed by atoms with Crippen LogP contribution in [0.1, 0.15) is 10.8 Å². The predicted octanol–water partition coefficient (Wildman–Crippen LogP) is 2.81. The Morgan fingerprint density at radius 2 is 2.00 bits per heavy atom. The summed E-state index contributed by atoms with van der Waals surface area (Å²) >= 11 is 5.19. The van der Waals surface area contributed by atoms with Crippen LogP contribution in [0, 0.1) is 0 Å². The largest absolute Gasteiger partial charge is 0.329 e. The van der Waals surface area contributed by atoms with Gasteiger partial charge in [0.05, 0.1) is 0 Å². The number of hydrogen-bond acceptors (Lipinski definition) is 2. The van der Waals surface area contributed by atoms with Gasteiger partial charge in [0.2, 0.25) is 0 Å². The summed E-state index contributed by atoms with van der Waals surface area (Å²) in [5, 5.41) is 0.429. The average molecular weight is 246 g/mol. The third kappa shape index (κ3) is 2.51. The van der Waals surface area contributed by atoms with E-state index in [-0.39, 0.29) is 0 Å². The summed E-state index contributed by atoms with van der Waals surface area (Å²) in [4.78, 5) is 0. The summed E-state index contributed by atoms with van der Waals surface area (Å²) in [5.74, 6) is 0. The third-order valence-corrected chi connectivity index (χ3v) is 3.30. The molecule has 1 aromatic rings. The topological polar surface area (TPSA) is 26.0 Å². The van der Waals surface area contributed by atoms with Crippen LogP contribution in [-0.4, -0.2) is 12.8 Å². The van der Waals surface area contributed by atoms with Gasteiger partial charge >= 0.3 is 0 Å². The molecule has 2 N–H and O–H groups in total. The monoisotopic (exact) mass is 245 g/mol. The van der Waals surface area contributed by atoms with Crippen LogP contribution in [-0.2, 0) is 0 Å². The van der Waals surface area contributed by atoms with Gasteiger partial charge in [-0.1, -0.05) is 28.1 Å². The van der Waals surface area contributed by atoms with Crippen molar-refractivity contribution in [3.63, 3.8) is 0 Å². The summed E-state index contributed by atoms with van der Waals surface area (Å²) in [6, 6.07) is 8.32. The van der Waals surface area contributed by atoms with Gasteiger partial charge in [-0.05, 0) is 24.0 Å². The molecule has 0 aromatic heterocycles. The molecule has 66 valence electrons. The van der Waals surface area contributed by atoms with Crippen molar-refractivity contribution in [2.75, 3.05) is 12.8 Å². The molecule has 1 nitrogen and oxygen atoms in total. The van der Waals surface area contributed by atoms with Gasteiger partial charge in [0.25, 0.3) is 0 Å². The first-order valence-electron chi connectivity index (χ1n) is 3.76. The Bertz CT molecular complexity index is 231. The van der Waals surface area contributed by atoms with E-state index in [0.717, 1.165) is 4.47 Å². The summed E-state index contributed by atoms with van der Waals surface area (Å²) < 4.78 is 1.11. The van der Waals surface area contributed by atoms with E-state index in [1.54, 1.807) is 11.8 Å². The Morgan fingerprint density at radius 1 is 1.42 bits per heavy atom. The molecular formula is C9H12BrNS. The second-order valence-corrected chi connectivity index (χ2v) is 4.47. The molecule has 1 atom stereocenters. The zero-order valence-corrected chi connectivity index (χ0v) is 9.36. The molecule has 1 rings (SSSR count). The van der Waals surface area contributed by atoms with Crippen LogP contribution in [0.3, 0.4) is 0 Å². The summed E-state index contributed by atoms with van der Waals surface area (Å²) in [6.07, 6.45) is 2.08. The van der Waals surface area contributed by atoms with Crippen molar-refractivity contribution >= 4 is 27.7 Å². The van der Waals surface area contributed by atoms with E-state index in [0.29, 0.717) is 11.8 Å². The van der Waals surface area contributed by atoms with E-state index in [1.807, 2.05) is 12.1 Å². The maximum Gasteiger partial charge on any atom is 0.0416 e. The molecule has 3 heteroatoms. The second kappa shape index (κ2) is 4.90. The smallest absolute Gasteiger partial charge is 0.0416 e. The Kier molecular flexibility index (Phi) is 4.12. The van der Waals surface area contributed by atoms with Crippen LogP contribution in [0.4, 0.5) is 0 Å². The standard InChI is InChI=1S/C9H12BrNS/c1-12-9(6-11)7-2-4-8(10)5-3-7/h2-5,9H,6,11H2,1H3. The van der Waals surface area contributed by atoms with E-state index in [2.05, 4.69) is 34.3 Å². The van der Waals surface area contributed by atoms with Crippen LogP contribution >= 0.6 is 27.7 Å². The number of thioether (sulfide) groups is 1. The Hall–Kier alpha value is 0.01000. The first kappa shape index (κ1) is 10.1. The first-order chi connectivity index (χ1) is 5.77. The third-order valence-electron chi connectivity index (χ3n) is 1.74. The zero-order valence-electron chi connectivity index (χ0n) is 6.96. The molecule has 0 radical (unpaired) electrons. The lowest BCUT2D eigenvalue weighted by molar-refractivity contribution is 0.944. The van der Waals surface area contributed by atoms with Crippen molar-refractivity contribution in [3.05, 3.63) is 34.3 Å². The van der Waals surface area contributed by atoms with Crippen molar-refractivity contribution in [3.8, 4) is 0 Å². The van der Waals surface area contributed by atoms with Gasteiger partial charge < -0.3 is 5.73 Å². The van der Waals surface area contributed by atoms with E-state index in [9.17, 15) is 0 Å². The van der Waals surface area contributed by atoms with Crippen LogP contribution in [0.5, 0.6) is 0 Å². The Labute approximate surface area is 85.9 Å². The number of rotatable bonds is 3. The lowest BCUT2D eigenvalue weighted by Crippen LogP contribution is -2.08. The van der Waals surface area contributed by atoms with Crippen molar-refractivity contribution in [2.24, 2.45) is 5.73 Å². The highest BCUT2D eigenvalue weighted by Gasteiger charge is 2.06.